The Morgan fingerprint density at radius 3 is 2.31 bits per heavy atom. The molecular formula is C20H29N3O3. The van der Waals surface area contributed by atoms with E-state index in [1.54, 1.807) is 30.3 Å². The monoisotopic (exact) mass is 359 g/mol. The van der Waals surface area contributed by atoms with Crippen LogP contribution in [0.25, 0.3) is 0 Å². The van der Waals surface area contributed by atoms with Gasteiger partial charge in [0.25, 0.3) is 5.91 Å². The van der Waals surface area contributed by atoms with Crippen LogP contribution in [0.4, 0.5) is 0 Å². The Morgan fingerprint density at radius 1 is 1.15 bits per heavy atom. The van der Waals surface area contributed by atoms with Gasteiger partial charge in [-0.25, -0.2) is 0 Å². The molecule has 0 radical (unpaired) electrons. The van der Waals surface area contributed by atoms with E-state index in [9.17, 15) is 9.59 Å². The Hall–Kier alpha value is -2.34. The van der Waals surface area contributed by atoms with Crippen LogP contribution in [0.2, 0.25) is 0 Å². The SMILES string of the molecule is C=CCOc1ccc(C(=O)N2CCN(CC(=O)NC(C)(C)C)CC2)cc1. The molecule has 1 aromatic rings. The van der Waals surface area contributed by atoms with E-state index in [4.69, 9.17) is 4.74 Å². The van der Waals surface area contributed by atoms with Gasteiger partial charge in [-0.15, -0.1) is 0 Å². The zero-order valence-corrected chi connectivity index (χ0v) is 16.0. The summed E-state index contributed by atoms with van der Waals surface area (Å²) in [5.74, 6) is 0.752. The van der Waals surface area contributed by atoms with E-state index >= 15 is 0 Å². The van der Waals surface area contributed by atoms with Gasteiger partial charge < -0.3 is 15.0 Å². The average molecular weight is 359 g/mol. The summed E-state index contributed by atoms with van der Waals surface area (Å²) in [5, 5.41) is 2.97. The van der Waals surface area contributed by atoms with Gasteiger partial charge in [0, 0.05) is 37.3 Å². The highest BCUT2D eigenvalue weighted by Crippen LogP contribution is 2.15. The van der Waals surface area contributed by atoms with E-state index in [2.05, 4.69) is 16.8 Å². The van der Waals surface area contributed by atoms with Gasteiger partial charge in [-0.3, -0.25) is 14.5 Å². The minimum Gasteiger partial charge on any atom is -0.490 e. The summed E-state index contributed by atoms with van der Waals surface area (Å²) < 4.78 is 5.43. The molecule has 1 N–H and O–H groups in total. The molecule has 142 valence electrons. The Kier molecular flexibility index (Phi) is 6.80. The first-order chi connectivity index (χ1) is 12.3. The number of piperazine rings is 1. The van der Waals surface area contributed by atoms with Crippen molar-refractivity contribution in [3.63, 3.8) is 0 Å². The average Bonchev–Trinajstić information content (AvgIpc) is 2.59. The van der Waals surface area contributed by atoms with Gasteiger partial charge in [0.1, 0.15) is 12.4 Å². The van der Waals surface area contributed by atoms with Crippen LogP contribution < -0.4 is 10.1 Å². The summed E-state index contributed by atoms with van der Waals surface area (Å²) in [6.07, 6.45) is 1.68. The third-order valence-electron chi connectivity index (χ3n) is 4.01. The lowest BCUT2D eigenvalue weighted by molar-refractivity contribution is -0.124. The Bertz CT molecular complexity index is 627. The van der Waals surface area contributed by atoms with Crippen molar-refractivity contribution in [1.29, 1.82) is 0 Å². The molecule has 2 amide bonds. The van der Waals surface area contributed by atoms with Gasteiger partial charge in [-0.05, 0) is 45.0 Å². The van der Waals surface area contributed by atoms with Crippen molar-refractivity contribution in [1.82, 2.24) is 15.1 Å². The number of carbonyl (C=O) groups is 2. The Labute approximate surface area is 155 Å². The van der Waals surface area contributed by atoms with Crippen LogP contribution in [-0.4, -0.2) is 66.5 Å². The Morgan fingerprint density at radius 2 is 1.77 bits per heavy atom. The van der Waals surface area contributed by atoms with Crippen LogP contribution in [0.1, 0.15) is 31.1 Å². The summed E-state index contributed by atoms with van der Waals surface area (Å²) in [7, 11) is 0. The molecule has 0 unspecified atom stereocenters. The van der Waals surface area contributed by atoms with Crippen LogP contribution >= 0.6 is 0 Å². The first-order valence-corrected chi connectivity index (χ1v) is 8.95. The highest BCUT2D eigenvalue weighted by molar-refractivity contribution is 5.94. The maximum atomic E-state index is 12.6. The molecule has 0 aliphatic carbocycles. The number of nitrogens with one attached hydrogen (secondary N) is 1. The third-order valence-corrected chi connectivity index (χ3v) is 4.01. The first kappa shape index (κ1) is 20.0. The predicted molar refractivity (Wildman–Crippen MR) is 102 cm³/mol. The molecule has 6 nitrogen and oxygen atoms in total. The second-order valence-electron chi connectivity index (χ2n) is 7.49. The number of hydrogen-bond donors (Lipinski definition) is 1. The van der Waals surface area contributed by atoms with E-state index in [1.165, 1.54) is 0 Å². The minimum atomic E-state index is -0.226. The quantitative estimate of drug-likeness (QED) is 0.789. The van der Waals surface area contributed by atoms with Crippen LogP contribution in [0.15, 0.2) is 36.9 Å². The highest BCUT2D eigenvalue weighted by Gasteiger charge is 2.24. The molecule has 0 bridgehead atoms. The zero-order chi connectivity index (χ0) is 19.2. The molecule has 1 aliphatic rings. The van der Waals surface area contributed by atoms with Gasteiger partial charge in [-0.2, -0.15) is 0 Å². The molecule has 0 spiro atoms. The minimum absolute atomic E-state index is 0.0130. The predicted octanol–water partition coefficient (Wildman–Crippen LogP) is 1.92. The van der Waals surface area contributed by atoms with E-state index in [0.29, 0.717) is 44.9 Å². The molecule has 0 saturated carbocycles. The summed E-state index contributed by atoms with van der Waals surface area (Å²) in [4.78, 5) is 28.5. The van der Waals surface area contributed by atoms with Crippen molar-refractivity contribution in [3.8, 4) is 5.75 Å². The number of amides is 2. The number of hydrogen-bond acceptors (Lipinski definition) is 4. The third kappa shape index (κ3) is 6.19. The number of rotatable bonds is 6. The lowest BCUT2D eigenvalue weighted by atomic mass is 10.1. The second kappa shape index (κ2) is 8.85. The molecule has 2 rings (SSSR count). The lowest BCUT2D eigenvalue weighted by Gasteiger charge is -2.35. The normalized spacial score (nSPS) is 15.4. The van der Waals surface area contributed by atoms with Crippen molar-refractivity contribution < 1.29 is 14.3 Å². The van der Waals surface area contributed by atoms with E-state index in [-0.39, 0.29) is 17.4 Å². The zero-order valence-electron chi connectivity index (χ0n) is 16.0. The smallest absolute Gasteiger partial charge is 0.253 e. The molecule has 1 aromatic carbocycles. The van der Waals surface area contributed by atoms with Crippen LogP contribution in [0.3, 0.4) is 0 Å². The summed E-state index contributed by atoms with van der Waals surface area (Å²) in [5.41, 5.74) is 0.422. The second-order valence-corrected chi connectivity index (χ2v) is 7.49. The number of ether oxygens (including phenoxy) is 1. The molecule has 26 heavy (non-hydrogen) atoms. The molecule has 1 fully saturated rings. The first-order valence-electron chi connectivity index (χ1n) is 8.95. The molecule has 0 aromatic heterocycles. The van der Waals surface area contributed by atoms with Gasteiger partial charge in [0.2, 0.25) is 5.91 Å². The molecule has 6 heteroatoms. The number of benzene rings is 1. The number of carbonyl (C=O) groups excluding carboxylic acids is 2. The van der Waals surface area contributed by atoms with Crippen LogP contribution in [-0.2, 0) is 4.79 Å². The van der Waals surface area contributed by atoms with E-state index < -0.39 is 0 Å². The van der Waals surface area contributed by atoms with E-state index in [1.807, 2.05) is 25.7 Å². The highest BCUT2D eigenvalue weighted by atomic mass is 16.5. The fourth-order valence-corrected chi connectivity index (χ4v) is 2.80. The molecule has 1 aliphatic heterocycles. The number of nitrogens with zero attached hydrogens (tertiary/aromatic N) is 2. The van der Waals surface area contributed by atoms with Crippen molar-refractivity contribution in [2.24, 2.45) is 0 Å². The summed E-state index contributed by atoms with van der Waals surface area (Å²) in [6.45, 7) is 13.0. The molecule has 1 saturated heterocycles. The molecule has 0 atom stereocenters. The van der Waals surface area contributed by atoms with Crippen molar-refractivity contribution >= 4 is 11.8 Å². The Balaban J connectivity index is 1.82. The van der Waals surface area contributed by atoms with Gasteiger partial charge in [0.05, 0.1) is 6.54 Å². The van der Waals surface area contributed by atoms with E-state index in [0.717, 1.165) is 5.75 Å². The standard InChI is InChI=1S/C20H29N3O3/c1-5-14-26-17-8-6-16(7-9-17)19(25)23-12-10-22(11-13-23)15-18(24)21-20(2,3)4/h5-9H,1,10-15H2,2-4H3,(H,21,24). The van der Waals surface area contributed by atoms with Gasteiger partial charge >= 0.3 is 0 Å². The van der Waals surface area contributed by atoms with Crippen molar-refractivity contribution in [3.05, 3.63) is 42.5 Å². The van der Waals surface area contributed by atoms with Crippen LogP contribution in [0, 0.1) is 0 Å². The van der Waals surface area contributed by atoms with Gasteiger partial charge in [-0.1, -0.05) is 12.7 Å². The largest absolute Gasteiger partial charge is 0.490 e. The topological polar surface area (TPSA) is 61.9 Å². The summed E-state index contributed by atoms with van der Waals surface area (Å²) >= 11 is 0. The maximum Gasteiger partial charge on any atom is 0.253 e. The van der Waals surface area contributed by atoms with Crippen molar-refractivity contribution in [2.45, 2.75) is 26.3 Å². The fraction of sp³-hybridized carbons (Fsp3) is 0.500. The van der Waals surface area contributed by atoms with Crippen LogP contribution in [0.5, 0.6) is 5.75 Å². The lowest BCUT2D eigenvalue weighted by Crippen LogP contribution is -2.52. The summed E-state index contributed by atoms with van der Waals surface area (Å²) in [6, 6.07) is 7.15. The molecular weight excluding hydrogens is 330 g/mol. The van der Waals surface area contributed by atoms with Gasteiger partial charge in [0.15, 0.2) is 0 Å². The maximum absolute atomic E-state index is 12.6. The molecule has 1 heterocycles. The fourth-order valence-electron chi connectivity index (χ4n) is 2.80. The van der Waals surface area contributed by atoms with Crippen molar-refractivity contribution in [2.75, 3.05) is 39.3 Å².